The number of H-pyrrole nitrogens is 1. The second kappa shape index (κ2) is 12.8. The van der Waals surface area contributed by atoms with Gasteiger partial charge >= 0.3 is 0 Å². The highest BCUT2D eigenvalue weighted by molar-refractivity contribution is 6.02. The zero-order valence-corrected chi connectivity index (χ0v) is 23.5. The summed E-state index contributed by atoms with van der Waals surface area (Å²) in [5.74, 6) is 1.77. The van der Waals surface area contributed by atoms with Gasteiger partial charge in [-0.3, -0.25) is 19.5 Å². The molecule has 0 atom stereocenters. The Morgan fingerprint density at radius 3 is 2.67 bits per heavy atom. The number of rotatable bonds is 10. The second-order valence-corrected chi connectivity index (χ2v) is 9.85. The number of amides is 1. The third-order valence-electron chi connectivity index (χ3n) is 7.00. The number of ether oxygens (including phenoxy) is 4. The number of methoxy groups -OCH3 is 1. The Bertz CT molecular complexity index is 1800. The fourth-order valence-electron chi connectivity index (χ4n) is 4.80. The van der Waals surface area contributed by atoms with Gasteiger partial charge in [0.05, 0.1) is 49.5 Å². The molecular weight excluding hydrogens is 552 g/mol. The second-order valence-electron chi connectivity index (χ2n) is 9.85. The molecule has 1 fully saturated rings. The molecule has 220 valence electrons. The minimum atomic E-state index is -0.588. The number of hydrogen-bond acceptors (Lipinski definition) is 10. The van der Waals surface area contributed by atoms with Gasteiger partial charge in [-0.15, -0.1) is 0 Å². The Kier molecular flexibility index (Phi) is 8.38. The molecule has 1 aliphatic rings. The Morgan fingerprint density at radius 2 is 1.86 bits per heavy atom. The minimum Gasteiger partial charge on any atom is -0.493 e. The van der Waals surface area contributed by atoms with Gasteiger partial charge in [-0.05, 0) is 42.8 Å². The van der Waals surface area contributed by atoms with Gasteiger partial charge in [-0.2, -0.15) is 0 Å². The molecule has 12 nitrogen and oxygen atoms in total. The lowest BCUT2D eigenvalue weighted by atomic mass is 10.2. The van der Waals surface area contributed by atoms with Crippen LogP contribution in [0.3, 0.4) is 0 Å². The number of aromatic amines is 1. The van der Waals surface area contributed by atoms with E-state index in [0.717, 1.165) is 44.7 Å². The largest absolute Gasteiger partial charge is 0.493 e. The molecule has 2 aromatic carbocycles. The van der Waals surface area contributed by atoms with Crippen LogP contribution >= 0.6 is 0 Å². The maximum atomic E-state index is 12.7. The number of hydrogen-bond donors (Lipinski definition) is 2. The van der Waals surface area contributed by atoms with Gasteiger partial charge in [0.2, 0.25) is 0 Å². The fraction of sp³-hybridized carbons (Fsp3) is 0.258. The van der Waals surface area contributed by atoms with Crippen molar-refractivity contribution in [3.8, 4) is 23.0 Å². The van der Waals surface area contributed by atoms with Crippen molar-refractivity contribution in [2.24, 2.45) is 0 Å². The first-order chi connectivity index (χ1) is 21.1. The Balaban J connectivity index is 1.12. The lowest BCUT2D eigenvalue weighted by Crippen LogP contribution is -2.37. The van der Waals surface area contributed by atoms with E-state index in [1.54, 1.807) is 55.8 Å². The molecule has 1 amide bonds. The molecule has 43 heavy (non-hydrogen) atoms. The summed E-state index contributed by atoms with van der Waals surface area (Å²) in [6, 6.07) is 15.5. The SMILES string of the molecule is COc1cc2c(Oc3ccc(NC(=O)c4nc5ccccc5c(=O)[nH]4)nc3)ccnc2cc1OCCCN1CCOCC1. The zero-order chi connectivity index (χ0) is 29.6. The number of nitrogens with zero attached hydrogens (tertiary/aromatic N) is 4. The van der Waals surface area contributed by atoms with Crippen LogP contribution in [0.4, 0.5) is 5.82 Å². The number of carbonyl (C=O) groups is 1. The summed E-state index contributed by atoms with van der Waals surface area (Å²) in [6.45, 7) is 4.95. The van der Waals surface area contributed by atoms with Crippen molar-refractivity contribution in [2.45, 2.75) is 6.42 Å². The quantitative estimate of drug-likeness (QED) is 0.232. The van der Waals surface area contributed by atoms with Crippen LogP contribution in [0.15, 0.2) is 71.8 Å². The van der Waals surface area contributed by atoms with Gasteiger partial charge in [0.15, 0.2) is 17.3 Å². The molecule has 0 bridgehead atoms. The van der Waals surface area contributed by atoms with Crippen LogP contribution in [0.2, 0.25) is 0 Å². The van der Waals surface area contributed by atoms with Crippen LogP contribution < -0.4 is 25.1 Å². The van der Waals surface area contributed by atoms with Crippen molar-refractivity contribution in [3.05, 3.63) is 83.2 Å². The molecule has 2 N–H and O–H groups in total. The van der Waals surface area contributed by atoms with E-state index in [1.165, 1.54) is 6.20 Å². The van der Waals surface area contributed by atoms with Crippen LogP contribution in [0.25, 0.3) is 21.8 Å². The Hall–Kier alpha value is -5.07. The van der Waals surface area contributed by atoms with E-state index in [2.05, 4.69) is 30.2 Å². The smallest absolute Gasteiger partial charge is 0.292 e. The van der Waals surface area contributed by atoms with Crippen molar-refractivity contribution >= 4 is 33.5 Å². The number of pyridine rings is 2. The molecule has 12 heteroatoms. The predicted molar refractivity (Wildman–Crippen MR) is 160 cm³/mol. The molecule has 3 aromatic heterocycles. The number of carbonyl (C=O) groups excluding carboxylic acids is 1. The van der Waals surface area contributed by atoms with Crippen molar-refractivity contribution in [1.82, 2.24) is 24.8 Å². The van der Waals surface area contributed by atoms with Crippen molar-refractivity contribution < 1.29 is 23.7 Å². The summed E-state index contributed by atoms with van der Waals surface area (Å²) in [7, 11) is 1.60. The maximum absolute atomic E-state index is 12.7. The standard InChI is InChI=1S/C31H30N6O6/c1-40-26-17-22-24(18-27(26)42-14-4-11-37-12-15-41-16-13-37)32-10-9-25(22)43-20-7-8-28(33-19-20)35-31(39)29-34-23-6-3-2-5-21(23)30(38)36-29/h2-3,5-10,17-19H,4,11-16H2,1H3,(H,33,35,39)(H,34,36,38). The van der Waals surface area contributed by atoms with Gasteiger partial charge in [0, 0.05) is 37.3 Å². The van der Waals surface area contributed by atoms with Gasteiger partial charge in [0.25, 0.3) is 11.5 Å². The van der Waals surface area contributed by atoms with Crippen LogP contribution in [0.5, 0.6) is 23.0 Å². The number of para-hydroxylation sites is 1. The third-order valence-corrected chi connectivity index (χ3v) is 7.00. The highest BCUT2D eigenvalue weighted by atomic mass is 16.5. The van der Waals surface area contributed by atoms with E-state index in [-0.39, 0.29) is 11.6 Å². The number of anilines is 1. The monoisotopic (exact) mass is 582 g/mol. The lowest BCUT2D eigenvalue weighted by Gasteiger charge is -2.26. The van der Waals surface area contributed by atoms with E-state index in [4.69, 9.17) is 18.9 Å². The molecular formula is C31H30N6O6. The van der Waals surface area contributed by atoms with Crippen LogP contribution in [0, 0.1) is 0 Å². The average molecular weight is 583 g/mol. The number of aromatic nitrogens is 4. The molecule has 1 aliphatic heterocycles. The maximum Gasteiger partial charge on any atom is 0.292 e. The summed E-state index contributed by atoms with van der Waals surface area (Å²) >= 11 is 0. The van der Waals surface area contributed by atoms with E-state index in [9.17, 15) is 9.59 Å². The first-order valence-corrected chi connectivity index (χ1v) is 13.9. The molecule has 0 radical (unpaired) electrons. The molecule has 4 heterocycles. The van der Waals surface area contributed by atoms with Crippen LogP contribution in [0.1, 0.15) is 17.0 Å². The summed E-state index contributed by atoms with van der Waals surface area (Å²) in [5, 5.41) is 3.79. The van der Waals surface area contributed by atoms with Crippen LogP contribution in [-0.4, -0.2) is 77.3 Å². The fourth-order valence-corrected chi connectivity index (χ4v) is 4.80. The molecule has 0 aliphatic carbocycles. The Labute approximate surface area is 246 Å². The first kappa shape index (κ1) is 28.1. The molecule has 0 unspecified atom stereocenters. The third kappa shape index (κ3) is 6.55. The molecule has 1 saturated heterocycles. The number of nitrogens with one attached hydrogen (secondary N) is 2. The normalized spacial score (nSPS) is 13.6. The van der Waals surface area contributed by atoms with Gasteiger partial charge in [-0.25, -0.2) is 9.97 Å². The average Bonchev–Trinajstić information content (AvgIpc) is 3.04. The molecule has 5 aromatic rings. The zero-order valence-electron chi connectivity index (χ0n) is 23.5. The molecule has 0 saturated carbocycles. The molecule has 6 rings (SSSR count). The van der Waals surface area contributed by atoms with Crippen molar-refractivity contribution in [2.75, 3.05) is 51.9 Å². The van der Waals surface area contributed by atoms with E-state index in [0.29, 0.717) is 46.0 Å². The van der Waals surface area contributed by atoms with E-state index in [1.807, 2.05) is 12.1 Å². The van der Waals surface area contributed by atoms with Crippen molar-refractivity contribution in [3.63, 3.8) is 0 Å². The predicted octanol–water partition coefficient (Wildman–Crippen LogP) is 4.02. The van der Waals surface area contributed by atoms with E-state index >= 15 is 0 Å². The van der Waals surface area contributed by atoms with Gasteiger partial charge < -0.3 is 29.2 Å². The highest BCUT2D eigenvalue weighted by Gasteiger charge is 2.15. The summed E-state index contributed by atoms with van der Waals surface area (Å²) in [4.78, 5) is 42.9. The van der Waals surface area contributed by atoms with Gasteiger partial charge in [0.1, 0.15) is 17.3 Å². The van der Waals surface area contributed by atoms with Gasteiger partial charge in [-0.1, -0.05) is 12.1 Å². The number of fused-ring (bicyclic) bond motifs is 2. The van der Waals surface area contributed by atoms with Crippen molar-refractivity contribution in [1.29, 1.82) is 0 Å². The topological polar surface area (TPSA) is 141 Å². The minimum absolute atomic E-state index is 0.108. The van der Waals surface area contributed by atoms with E-state index < -0.39 is 11.5 Å². The van der Waals surface area contributed by atoms with Crippen LogP contribution in [-0.2, 0) is 4.74 Å². The highest BCUT2D eigenvalue weighted by Crippen LogP contribution is 2.37. The Morgan fingerprint density at radius 1 is 1.00 bits per heavy atom. The number of morpholine rings is 1. The first-order valence-electron chi connectivity index (χ1n) is 13.9. The summed E-state index contributed by atoms with van der Waals surface area (Å²) in [6.07, 6.45) is 4.03. The lowest BCUT2D eigenvalue weighted by molar-refractivity contribution is 0.0357. The number of benzene rings is 2. The summed E-state index contributed by atoms with van der Waals surface area (Å²) in [5.41, 5.74) is 0.725. The summed E-state index contributed by atoms with van der Waals surface area (Å²) < 4.78 is 23.2. The molecule has 0 spiro atoms.